The Hall–Kier alpha value is -1.58. The summed E-state index contributed by atoms with van der Waals surface area (Å²) in [6.07, 6.45) is 0. The molecule has 0 aliphatic heterocycles. The van der Waals surface area contributed by atoms with Crippen LogP contribution in [0, 0.1) is 20.8 Å². The molecule has 0 spiro atoms. The van der Waals surface area contributed by atoms with Crippen LogP contribution < -0.4 is 4.74 Å². The third-order valence-electron chi connectivity index (χ3n) is 2.80. The monoisotopic (exact) mass is 309 g/mol. The van der Waals surface area contributed by atoms with Gasteiger partial charge in [-0.2, -0.15) is 0 Å². The van der Waals surface area contributed by atoms with E-state index in [0.717, 1.165) is 16.7 Å². The number of aromatic nitrogens is 1. The summed E-state index contributed by atoms with van der Waals surface area (Å²) in [6, 6.07) is 6.93. The molecular weight excluding hydrogens is 297 g/mol. The standard InChI is InChI=1S/C15H13Cl2NO2/c1-8-6-9(2)14(10(3)7-8)20-15(19)13-11(16)4-5-12(17)18-13/h4-7H,1-3H3. The summed E-state index contributed by atoms with van der Waals surface area (Å²) >= 11 is 11.7. The number of hydrogen-bond acceptors (Lipinski definition) is 3. The molecule has 5 heteroatoms. The molecular formula is C15H13Cl2NO2. The number of ether oxygens (including phenoxy) is 1. The molecule has 0 atom stereocenters. The van der Waals surface area contributed by atoms with Crippen molar-refractivity contribution in [3.63, 3.8) is 0 Å². The minimum atomic E-state index is -0.618. The van der Waals surface area contributed by atoms with Crippen molar-refractivity contribution >= 4 is 29.2 Å². The number of carbonyl (C=O) groups is 1. The number of hydrogen-bond donors (Lipinski definition) is 0. The lowest BCUT2D eigenvalue weighted by atomic mass is 10.1. The second-order valence-corrected chi connectivity index (χ2v) is 5.38. The zero-order chi connectivity index (χ0) is 14.9. The first-order valence-corrected chi connectivity index (χ1v) is 6.76. The largest absolute Gasteiger partial charge is 0.421 e. The number of carbonyl (C=O) groups excluding carboxylic acids is 1. The Morgan fingerprint density at radius 3 is 2.30 bits per heavy atom. The highest BCUT2D eigenvalue weighted by Crippen LogP contribution is 2.26. The van der Waals surface area contributed by atoms with E-state index in [-0.39, 0.29) is 15.9 Å². The van der Waals surface area contributed by atoms with Gasteiger partial charge in [-0.15, -0.1) is 0 Å². The van der Waals surface area contributed by atoms with Crippen molar-refractivity contribution in [1.82, 2.24) is 4.98 Å². The molecule has 0 amide bonds. The molecule has 0 fully saturated rings. The van der Waals surface area contributed by atoms with E-state index in [1.54, 1.807) is 0 Å². The summed E-state index contributed by atoms with van der Waals surface area (Å²) in [4.78, 5) is 16.1. The van der Waals surface area contributed by atoms with Crippen LogP contribution in [-0.4, -0.2) is 11.0 Å². The SMILES string of the molecule is Cc1cc(C)c(OC(=O)c2nc(Cl)ccc2Cl)c(C)c1. The summed E-state index contributed by atoms with van der Waals surface area (Å²) in [7, 11) is 0. The topological polar surface area (TPSA) is 39.2 Å². The lowest BCUT2D eigenvalue weighted by molar-refractivity contribution is 0.0726. The normalized spacial score (nSPS) is 10.4. The Labute approximate surface area is 127 Å². The van der Waals surface area contributed by atoms with Crippen molar-refractivity contribution in [2.24, 2.45) is 0 Å². The highest BCUT2D eigenvalue weighted by molar-refractivity contribution is 6.34. The van der Waals surface area contributed by atoms with Crippen LogP contribution in [-0.2, 0) is 0 Å². The van der Waals surface area contributed by atoms with E-state index in [2.05, 4.69) is 4.98 Å². The second kappa shape index (κ2) is 5.81. The van der Waals surface area contributed by atoms with Crippen LogP contribution in [0.5, 0.6) is 5.75 Å². The molecule has 0 saturated carbocycles. The second-order valence-electron chi connectivity index (χ2n) is 4.58. The maximum Gasteiger partial charge on any atom is 0.363 e. The summed E-state index contributed by atoms with van der Waals surface area (Å²) < 4.78 is 5.41. The maximum atomic E-state index is 12.1. The molecule has 0 radical (unpaired) electrons. The van der Waals surface area contributed by atoms with Gasteiger partial charge in [0.25, 0.3) is 0 Å². The fourth-order valence-electron chi connectivity index (χ4n) is 2.03. The van der Waals surface area contributed by atoms with E-state index >= 15 is 0 Å². The third-order valence-corrected chi connectivity index (χ3v) is 3.32. The molecule has 0 unspecified atom stereocenters. The molecule has 1 aromatic carbocycles. The number of aryl methyl sites for hydroxylation is 3. The first-order chi connectivity index (χ1) is 9.38. The van der Waals surface area contributed by atoms with Crippen LogP contribution in [0.25, 0.3) is 0 Å². The van der Waals surface area contributed by atoms with Crippen LogP contribution in [0.15, 0.2) is 24.3 Å². The van der Waals surface area contributed by atoms with Crippen LogP contribution in [0.4, 0.5) is 0 Å². The molecule has 0 bridgehead atoms. The van der Waals surface area contributed by atoms with Crippen molar-refractivity contribution in [2.45, 2.75) is 20.8 Å². The zero-order valence-electron chi connectivity index (χ0n) is 11.3. The van der Waals surface area contributed by atoms with Gasteiger partial charge in [0.2, 0.25) is 0 Å². The van der Waals surface area contributed by atoms with Gasteiger partial charge in [0.15, 0.2) is 5.69 Å². The number of halogens is 2. The van der Waals surface area contributed by atoms with Crippen LogP contribution in [0.2, 0.25) is 10.2 Å². The lowest BCUT2D eigenvalue weighted by Gasteiger charge is -2.11. The maximum absolute atomic E-state index is 12.1. The molecule has 2 rings (SSSR count). The predicted octanol–water partition coefficient (Wildman–Crippen LogP) is 4.53. The first-order valence-electron chi connectivity index (χ1n) is 6.00. The Morgan fingerprint density at radius 1 is 1.10 bits per heavy atom. The quantitative estimate of drug-likeness (QED) is 0.464. The van der Waals surface area contributed by atoms with Crippen molar-refractivity contribution in [1.29, 1.82) is 0 Å². The minimum absolute atomic E-state index is 0.0125. The fourth-order valence-corrected chi connectivity index (χ4v) is 2.36. The molecule has 20 heavy (non-hydrogen) atoms. The Balaban J connectivity index is 2.35. The van der Waals surface area contributed by atoms with Gasteiger partial charge in [-0.05, 0) is 44.0 Å². The average molecular weight is 310 g/mol. The molecule has 1 aromatic heterocycles. The highest BCUT2D eigenvalue weighted by Gasteiger charge is 2.17. The summed E-state index contributed by atoms with van der Waals surface area (Å²) in [5.41, 5.74) is 2.89. The van der Waals surface area contributed by atoms with Gasteiger partial charge in [-0.25, -0.2) is 9.78 Å². The molecule has 0 saturated heterocycles. The van der Waals surface area contributed by atoms with Crippen molar-refractivity contribution in [3.8, 4) is 5.75 Å². The van der Waals surface area contributed by atoms with Gasteiger partial charge in [0.05, 0.1) is 5.02 Å². The van der Waals surface area contributed by atoms with E-state index in [1.807, 2.05) is 32.9 Å². The summed E-state index contributed by atoms with van der Waals surface area (Å²) in [5, 5.41) is 0.403. The van der Waals surface area contributed by atoms with Gasteiger partial charge in [-0.1, -0.05) is 40.9 Å². The smallest absolute Gasteiger partial charge is 0.363 e. The number of esters is 1. The molecule has 0 aliphatic rings. The van der Waals surface area contributed by atoms with Gasteiger partial charge >= 0.3 is 5.97 Å². The van der Waals surface area contributed by atoms with Crippen molar-refractivity contribution in [3.05, 3.63) is 56.8 Å². The van der Waals surface area contributed by atoms with Crippen LogP contribution in [0.3, 0.4) is 0 Å². The summed E-state index contributed by atoms with van der Waals surface area (Å²) in [6.45, 7) is 5.76. The Morgan fingerprint density at radius 2 is 1.70 bits per heavy atom. The molecule has 0 aliphatic carbocycles. The van der Waals surface area contributed by atoms with E-state index in [0.29, 0.717) is 5.75 Å². The molecule has 2 aromatic rings. The summed E-state index contributed by atoms with van der Waals surface area (Å²) in [5.74, 6) is -0.0917. The van der Waals surface area contributed by atoms with Crippen molar-refractivity contribution in [2.75, 3.05) is 0 Å². The molecule has 104 valence electrons. The Kier molecular flexibility index (Phi) is 4.31. The van der Waals surface area contributed by atoms with Gasteiger partial charge in [0, 0.05) is 0 Å². The van der Waals surface area contributed by atoms with Crippen LogP contribution in [0.1, 0.15) is 27.2 Å². The van der Waals surface area contributed by atoms with Gasteiger partial charge in [-0.3, -0.25) is 0 Å². The number of pyridine rings is 1. The Bertz CT molecular complexity index is 661. The van der Waals surface area contributed by atoms with Crippen molar-refractivity contribution < 1.29 is 9.53 Å². The zero-order valence-corrected chi connectivity index (χ0v) is 12.8. The number of nitrogens with zero attached hydrogens (tertiary/aromatic N) is 1. The lowest BCUT2D eigenvalue weighted by Crippen LogP contribution is -2.13. The average Bonchev–Trinajstić information content (AvgIpc) is 2.36. The van der Waals surface area contributed by atoms with E-state index in [1.165, 1.54) is 12.1 Å². The van der Waals surface area contributed by atoms with Crippen LogP contribution >= 0.6 is 23.2 Å². The van der Waals surface area contributed by atoms with Gasteiger partial charge < -0.3 is 4.74 Å². The first kappa shape index (κ1) is 14.8. The van der Waals surface area contributed by atoms with E-state index < -0.39 is 5.97 Å². The van der Waals surface area contributed by atoms with E-state index in [4.69, 9.17) is 27.9 Å². The molecule has 1 heterocycles. The number of rotatable bonds is 2. The van der Waals surface area contributed by atoms with Gasteiger partial charge in [0.1, 0.15) is 10.9 Å². The van der Waals surface area contributed by atoms with E-state index in [9.17, 15) is 4.79 Å². The minimum Gasteiger partial charge on any atom is -0.421 e. The predicted molar refractivity (Wildman–Crippen MR) is 79.9 cm³/mol. The molecule has 3 nitrogen and oxygen atoms in total. The molecule has 0 N–H and O–H groups in total. The highest BCUT2D eigenvalue weighted by atomic mass is 35.5. The number of benzene rings is 1. The third kappa shape index (κ3) is 3.11. The fraction of sp³-hybridized carbons (Fsp3) is 0.200.